The fourth-order valence-electron chi connectivity index (χ4n) is 2.11. The van der Waals surface area contributed by atoms with Gasteiger partial charge in [-0.15, -0.1) is 0 Å². The number of anilines is 1. The smallest absolute Gasteiger partial charge is 0.315 e. The zero-order valence-corrected chi connectivity index (χ0v) is 13.2. The summed E-state index contributed by atoms with van der Waals surface area (Å²) < 4.78 is 0. The van der Waals surface area contributed by atoms with Crippen molar-refractivity contribution >= 4 is 17.6 Å². The van der Waals surface area contributed by atoms with Crippen molar-refractivity contribution in [2.24, 2.45) is 0 Å². The van der Waals surface area contributed by atoms with Crippen LogP contribution in [0.15, 0.2) is 48.8 Å². The molecule has 3 N–H and O–H groups in total. The molecule has 0 radical (unpaired) electrons. The predicted molar refractivity (Wildman–Crippen MR) is 88.8 cm³/mol. The molecule has 0 fully saturated rings. The Kier molecular flexibility index (Phi) is 5.68. The summed E-state index contributed by atoms with van der Waals surface area (Å²) in [6.07, 6.45) is 3.40. The standard InChI is InChI=1S/C17H20N4O2/c1-12(15-6-3-7-16(9-15)21-13(2)22)20-17(23)19-11-14-5-4-8-18-10-14/h3-10,12H,11H2,1-2H3,(H,21,22)(H2,19,20,23)/t12-/m0/s1. The number of carbonyl (C=O) groups excluding carboxylic acids is 2. The summed E-state index contributed by atoms with van der Waals surface area (Å²) in [6, 6.07) is 10.7. The lowest BCUT2D eigenvalue weighted by Crippen LogP contribution is -2.36. The minimum Gasteiger partial charge on any atom is -0.334 e. The molecule has 3 amide bonds. The maximum absolute atomic E-state index is 12.0. The summed E-state index contributed by atoms with van der Waals surface area (Å²) in [6.45, 7) is 3.76. The van der Waals surface area contributed by atoms with E-state index in [1.807, 2.05) is 37.3 Å². The molecule has 0 bridgehead atoms. The number of nitrogens with zero attached hydrogens (tertiary/aromatic N) is 1. The van der Waals surface area contributed by atoms with Crippen LogP contribution in [0.4, 0.5) is 10.5 Å². The van der Waals surface area contributed by atoms with E-state index in [2.05, 4.69) is 20.9 Å². The number of amides is 3. The van der Waals surface area contributed by atoms with Crippen molar-refractivity contribution in [2.75, 3.05) is 5.32 Å². The van der Waals surface area contributed by atoms with Crippen molar-refractivity contribution < 1.29 is 9.59 Å². The average Bonchev–Trinajstić information content (AvgIpc) is 2.53. The van der Waals surface area contributed by atoms with Crippen LogP contribution < -0.4 is 16.0 Å². The lowest BCUT2D eigenvalue weighted by molar-refractivity contribution is -0.114. The van der Waals surface area contributed by atoms with Gasteiger partial charge in [0, 0.05) is 31.5 Å². The Morgan fingerprint density at radius 1 is 1.22 bits per heavy atom. The van der Waals surface area contributed by atoms with Crippen LogP contribution in [0.5, 0.6) is 0 Å². The van der Waals surface area contributed by atoms with Crippen LogP contribution in [0.2, 0.25) is 0 Å². The van der Waals surface area contributed by atoms with Crippen molar-refractivity contribution in [2.45, 2.75) is 26.4 Å². The van der Waals surface area contributed by atoms with Crippen LogP contribution in [-0.2, 0) is 11.3 Å². The Morgan fingerprint density at radius 3 is 2.74 bits per heavy atom. The first-order chi connectivity index (χ1) is 11.0. The van der Waals surface area contributed by atoms with E-state index >= 15 is 0 Å². The average molecular weight is 312 g/mol. The van der Waals surface area contributed by atoms with Crippen LogP contribution in [0, 0.1) is 0 Å². The van der Waals surface area contributed by atoms with E-state index in [0.29, 0.717) is 12.2 Å². The number of rotatable bonds is 5. The second-order valence-electron chi connectivity index (χ2n) is 5.22. The van der Waals surface area contributed by atoms with Gasteiger partial charge >= 0.3 is 6.03 Å². The molecule has 1 heterocycles. The first-order valence-corrected chi connectivity index (χ1v) is 7.35. The summed E-state index contributed by atoms with van der Waals surface area (Å²) in [5.74, 6) is -0.128. The normalized spacial score (nSPS) is 11.4. The summed E-state index contributed by atoms with van der Waals surface area (Å²) in [4.78, 5) is 27.0. The number of carbonyl (C=O) groups is 2. The Hall–Kier alpha value is -2.89. The molecule has 6 heteroatoms. The van der Waals surface area contributed by atoms with Crippen LogP contribution in [-0.4, -0.2) is 16.9 Å². The summed E-state index contributed by atoms with van der Waals surface area (Å²) >= 11 is 0. The number of pyridine rings is 1. The van der Waals surface area contributed by atoms with Crippen LogP contribution in [0.25, 0.3) is 0 Å². The predicted octanol–water partition coefficient (Wildman–Crippen LogP) is 2.60. The van der Waals surface area contributed by atoms with E-state index in [4.69, 9.17) is 0 Å². The Morgan fingerprint density at radius 2 is 2.04 bits per heavy atom. The van der Waals surface area contributed by atoms with E-state index in [1.54, 1.807) is 18.5 Å². The summed E-state index contributed by atoms with van der Waals surface area (Å²) in [5, 5.41) is 8.38. The molecule has 0 aliphatic heterocycles. The number of aromatic nitrogens is 1. The molecule has 0 aliphatic rings. The molecule has 23 heavy (non-hydrogen) atoms. The monoisotopic (exact) mass is 312 g/mol. The van der Waals surface area contributed by atoms with Gasteiger partial charge in [0.25, 0.3) is 0 Å². The van der Waals surface area contributed by atoms with Gasteiger partial charge in [-0.05, 0) is 36.2 Å². The van der Waals surface area contributed by atoms with E-state index in [9.17, 15) is 9.59 Å². The number of hydrogen-bond donors (Lipinski definition) is 3. The third-order valence-electron chi connectivity index (χ3n) is 3.23. The minimum absolute atomic E-state index is 0.128. The largest absolute Gasteiger partial charge is 0.334 e. The molecule has 1 aromatic carbocycles. The van der Waals surface area contributed by atoms with Gasteiger partial charge in [0.2, 0.25) is 5.91 Å². The minimum atomic E-state index is -0.258. The molecular weight excluding hydrogens is 292 g/mol. The van der Waals surface area contributed by atoms with Crippen molar-refractivity contribution in [1.82, 2.24) is 15.6 Å². The van der Waals surface area contributed by atoms with Gasteiger partial charge < -0.3 is 16.0 Å². The first kappa shape index (κ1) is 16.5. The van der Waals surface area contributed by atoms with Crippen LogP contribution >= 0.6 is 0 Å². The molecule has 0 unspecified atom stereocenters. The molecule has 120 valence electrons. The molecule has 0 spiro atoms. The Bertz CT molecular complexity index is 673. The third kappa shape index (κ3) is 5.43. The number of benzene rings is 1. The number of urea groups is 1. The highest BCUT2D eigenvalue weighted by molar-refractivity contribution is 5.88. The maximum atomic E-state index is 12.0. The van der Waals surface area contributed by atoms with Crippen LogP contribution in [0.3, 0.4) is 0 Å². The molecule has 0 aliphatic carbocycles. The van der Waals surface area contributed by atoms with Crippen molar-refractivity contribution in [3.05, 3.63) is 59.9 Å². The lowest BCUT2D eigenvalue weighted by atomic mass is 10.1. The second-order valence-corrected chi connectivity index (χ2v) is 5.22. The highest BCUT2D eigenvalue weighted by Gasteiger charge is 2.10. The van der Waals surface area contributed by atoms with Gasteiger partial charge in [0.15, 0.2) is 0 Å². The second kappa shape index (κ2) is 7.93. The molecular formula is C17H20N4O2. The molecule has 1 aromatic heterocycles. The van der Waals surface area contributed by atoms with Gasteiger partial charge in [-0.3, -0.25) is 9.78 Å². The first-order valence-electron chi connectivity index (χ1n) is 7.35. The van der Waals surface area contributed by atoms with Crippen molar-refractivity contribution in [3.63, 3.8) is 0 Å². The van der Waals surface area contributed by atoms with Gasteiger partial charge in [-0.2, -0.15) is 0 Å². The lowest BCUT2D eigenvalue weighted by Gasteiger charge is -2.16. The van der Waals surface area contributed by atoms with E-state index in [1.165, 1.54) is 6.92 Å². The van der Waals surface area contributed by atoms with E-state index in [0.717, 1.165) is 11.1 Å². The summed E-state index contributed by atoms with van der Waals surface area (Å²) in [5.41, 5.74) is 2.55. The van der Waals surface area contributed by atoms with Gasteiger partial charge in [-0.1, -0.05) is 18.2 Å². The SMILES string of the molecule is CC(=O)Nc1cccc([C@H](C)NC(=O)NCc2cccnc2)c1. The number of nitrogens with one attached hydrogen (secondary N) is 3. The van der Waals surface area contributed by atoms with Gasteiger partial charge in [0.1, 0.15) is 0 Å². The van der Waals surface area contributed by atoms with Crippen LogP contribution in [0.1, 0.15) is 31.0 Å². The fourth-order valence-corrected chi connectivity index (χ4v) is 2.11. The highest BCUT2D eigenvalue weighted by Crippen LogP contribution is 2.17. The quantitative estimate of drug-likeness (QED) is 0.793. The molecule has 6 nitrogen and oxygen atoms in total. The highest BCUT2D eigenvalue weighted by atomic mass is 16.2. The molecule has 2 aromatic rings. The van der Waals surface area contributed by atoms with E-state index < -0.39 is 0 Å². The molecule has 1 atom stereocenters. The maximum Gasteiger partial charge on any atom is 0.315 e. The fraction of sp³-hybridized carbons (Fsp3) is 0.235. The molecule has 0 saturated carbocycles. The molecule has 0 saturated heterocycles. The summed E-state index contributed by atoms with van der Waals surface area (Å²) in [7, 11) is 0. The van der Waals surface area contributed by atoms with E-state index in [-0.39, 0.29) is 18.0 Å². The Labute approximate surface area is 135 Å². The zero-order chi connectivity index (χ0) is 16.7. The number of hydrogen-bond acceptors (Lipinski definition) is 3. The Balaban J connectivity index is 1.89. The van der Waals surface area contributed by atoms with Crippen molar-refractivity contribution in [3.8, 4) is 0 Å². The topological polar surface area (TPSA) is 83.1 Å². The van der Waals surface area contributed by atoms with Crippen molar-refractivity contribution in [1.29, 1.82) is 0 Å². The third-order valence-corrected chi connectivity index (χ3v) is 3.23. The van der Waals surface area contributed by atoms with Gasteiger partial charge in [-0.25, -0.2) is 4.79 Å². The zero-order valence-electron chi connectivity index (χ0n) is 13.2. The van der Waals surface area contributed by atoms with Gasteiger partial charge in [0.05, 0.1) is 6.04 Å². The molecule has 2 rings (SSSR count).